The van der Waals surface area contributed by atoms with Gasteiger partial charge in [0.15, 0.2) is 5.69 Å². The monoisotopic (exact) mass is 418 g/mol. The third kappa shape index (κ3) is 3.84. The molecule has 4 aromatic rings. The van der Waals surface area contributed by atoms with Gasteiger partial charge in [-0.05, 0) is 43.2 Å². The van der Waals surface area contributed by atoms with Crippen LogP contribution in [0.5, 0.6) is 0 Å². The SMILES string of the molecule is CCCN(C(=O)c1cc2c(=O)n(CCOC)c3ccccc3n2n1)c1cccc(C)c1. The zero-order chi connectivity index (χ0) is 22.0. The molecule has 2 aromatic heterocycles. The third-order valence-electron chi connectivity index (χ3n) is 5.32. The molecule has 0 radical (unpaired) electrons. The molecule has 7 heteroatoms. The third-order valence-corrected chi connectivity index (χ3v) is 5.32. The first-order valence-electron chi connectivity index (χ1n) is 10.4. The maximum atomic E-state index is 13.4. The number of methoxy groups -OCH3 is 1. The first kappa shape index (κ1) is 20.8. The minimum absolute atomic E-state index is 0.195. The number of aryl methyl sites for hydroxylation is 1. The molecule has 0 bridgehead atoms. The van der Waals surface area contributed by atoms with Gasteiger partial charge in [-0.1, -0.05) is 31.2 Å². The molecule has 0 spiro atoms. The van der Waals surface area contributed by atoms with Gasteiger partial charge in [0.2, 0.25) is 0 Å². The van der Waals surface area contributed by atoms with E-state index in [9.17, 15) is 9.59 Å². The second-order valence-corrected chi connectivity index (χ2v) is 7.56. The van der Waals surface area contributed by atoms with Gasteiger partial charge in [-0.2, -0.15) is 5.10 Å². The van der Waals surface area contributed by atoms with Crippen molar-refractivity contribution in [2.24, 2.45) is 0 Å². The van der Waals surface area contributed by atoms with Gasteiger partial charge in [0.05, 0.1) is 17.6 Å². The summed E-state index contributed by atoms with van der Waals surface area (Å²) in [4.78, 5) is 28.4. The van der Waals surface area contributed by atoms with Crippen molar-refractivity contribution in [3.05, 3.63) is 76.2 Å². The molecular weight excluding hydrogens is 392 g/mol. The van der Waals surface area contributed by atoms with Gasteiger partial charge in [-0.3, -0.25) is 9.59 Å². The van der Waals surface area contributed by atoms with E-state index in [1.165, 1.54) is 0 Å². The van der Waals surface area contributed by atoms with E-state index in [4.69, 9.17) is 4.74 Å². The van der Waals surface area contributed by atoms with Crippen LogP contribution in [0.15, 0.2) is 59.4 Å². The zero-order valence-corrected chi connectivity index (χ0v) is 18.0. The number of fused-ring (bicyclic) bond motifs is 3. The standard InChI is InChI=1S/C24H26N4O3/c1-4-12-26(18-9-7-8-17(2)15-18)23(29)19-16-22-24(30)27(13-14-31-3)20-10-5-6-11-21(20)28(22)25-19/h5-11,15-16H,4,12-14H2,1-3H3. The van der Waals surface area contributed by atoms with Crippen LogP contribution in [0.2, 0.25) is 0 Å². The van der Waals surface area contributed by atoms with Crippen molar-refractivity contribution in [1.82, 2.24) is 14.2 Å². The number of rotatable bonds is 7. The Morgan fingerprint density at radius 1 is 1.06 bits per heavy atom. The fourth-order valence-electron chi connectivity index (χ4n) is 3.85. The summed E-state index contributed by atoms with van der Waals surface area (Å²) in [5, 5.41) is 4.55. The molecule has 0 aliphatic heterocycles. The number of nitrogens with zero attached hydrogens (tertiary/aromatic N) is 4. The van der Waals surface area contributed by atoms with E-state index in [0.29, 0.717) is 25.2 Å². The van der Waals surface area contributed by atoms with Crippen molar-refractivity contribution >= 4 is 28.1 Å². The van der Waals surface area contributed by atoms with Crippen molar-refractivity contribution in [2.75, 3.05) is 25.2 Å². The van der Waals surface area contributed by atoms with Crippen LogP contribution in [0.1, 0.15) is 29.4 Å². The second-order valence-electron chi connectivity index (χ2n) is 7.56. The number of carbonyl (C=O) groups is 1. The van der Waals surface area contributed by atoms with Gasteiger partial charge in [-0.15, -0.1) is 0 Å². The summed E-state index contributed by atoms with van der Waals surface area (Å²) in [6.07, 6.45) is 0.805. The second kappa shape index (κ2) is 8.73. The minimum atomic E-state index is -0.219. The van der Waals surface area contributed by atoms with Gasteiger partial charge < -0.3 is 14.2 Å². The Kier molecular flexibility index (Phi) is 5.86. The fourth-order valence-corrected chi connectivity index (χ4v) is 3.85. The van der Waals surface area contributed by atoms with Crippen LogP contribution in [0.25, 0.3) is 16.6 Å². The van der Waals surface area contributed by atoms with E-state index in [1.54, 1.807) is 27.2 Å². The first-order valence-corrected chi connectivity index (χ1v) is 10.4. The van der Waals surface area contributed by atoms with Crippen LogP contribution >= 0.6 is 0 Å². The number of hydrogen-bond donors (Lipinski definition) is 0. The highest BCUT2D eigenvalue weighted by Crippen LogP contribution is 2.21. The molecule has 0 saturated heterocycles. The summed E-state index contributed by atoms with van der Waals surface area (Å²) in [6.45, 7) is 5.43. The van der Waals surface area contributed by atoms with Crippen LogP contribution in [0.3, 0.4) is 0 Å². The number of carbonyl (C=O) groups excluding carboxylic acids is 1. The molecule has 2 heterocycles. The van der Waals surface area contributed by atoms with Crippen LogP contribution in [0, 0.1) is 6.92 Å². The summed E-state index contributed by atoms with van der Waals surface area (Å²) < 4.78 is 8.43. The van der Waals surface area contributed by atoms with Crippen molar-refractivity contribution in [2.45, 2.75) is 26.8 Å². The Balaban J connectivity index is 1.86. The lowest BCUT2D eigenvalue weighted by molar-refractivity contribution is 0.0982. The molecular formula is C24H26N4O3. The summed E-state index contributed by atoms with van der Waals surface area (Å²) >= 11 is 0. The number of amides is 1. The molecule has 0 unspecified atom stereocenters. The normalized spacial score (nSPS) is 11.3. The van der Waals surface area contributed by atoms with Crippen molar-refractivity contribution in [3.8, 4) is 0 Å². The Labute approximate surface area is 180 Å². The van der Waals surface area contributed by atoms with Crippen molar-refractivity contribution in [1.29, 1.82) is 0 Å². The molecule has 0 saturated carbocycles. The lowest BCUT2D eigenvalue weighted by Crippen LogP contribution is -2.32. The van der Waals surface area contributed by atoms with E-state index in [-0.39, 0.29) is 17.2 Å². The number of aromatic nitrogens is 3. The maximum Gasteiger partial charge on any atom is 0.278 e. The predicted molar refractivity (Wildman–Crippen MR) is 122 cm³/mol. The molecule has 4 rings (SSSR count). The Bertz CT molecular complexity index is 1310. The van der Waals surface area contributed by atoms with E-state index in [1.807, 2.05) is 62.4 Å². The summed E-state index contributed by atoms with van der Waals surface area (Å²) in [5.41, 5.74) is 3.85. The Morgan fingerprint density at radius 3 is 2.55 bits per heavy atom. The number of para-hydroxylation sites is 2. The van der Waals surface area contributed by atoms with E-state index in [2.05, 4.69) is 5.10 Å². The lowest BCUT2D eigenvalue weighted by Gasteiger charge is -2.21. The molecule has 160 valence electrons. The highest BCUT2D eigenvalue weighted by molar-refractivity contribution is 6.05. The quantitative estimate of drug-likeness (QED) is 0.459. The molecule has 31 heavy (non-hydrogen) atoms. The van der Waals surface area contributed by atoms with Crippen LogP contribution in [-0.4, -0.2) is 40.3 Å². The van der Waals surface area contributed by atoms with Gasteiger partial charge in [0, 0.05) is 32.0 Å². The van der Waals surface area contributed by atoms with E-state index >= 15 is 0 Å². The largest absolute Gasteiger partial charge is 0.383 e. The number of ether oxygens (including phenoxy) is 1. The lowest BCUT2D eigenvalue weighted by atomic mass is 10.2. The number of hydrogen-bond acceptors (Lipinski definition) is 4. The highest BCUT2D eigenvalue weighted by atomic mass is 16.5. The van der Waals surface area contributed by atoms with E-state index < -0.39 is 0 Å². The van der Waals surface area contributed by atoms with E-state index in [0.717, 1.165) is 28.7 Å². The van der Waals surface area contributed by atoms with Gasteiger partial charge >= 0.3 is 0 Å². The number of anilines is 1. The predicted octanol–water partition coefficient (Wildman–Crippen LogP) is 3.66. The first-order chi connectivity index (χ1) is 15.0. The average molecular weight is 418 g/mol. The van der Waals surface area contributed by atoms with Crippen LogP contribution in [-0.2, 0) is 11.3 Å². The zero-order valence-electron chi connectivity index (χ0n) is 18.0. The summed E-state index contributed by atoms with van der Waals surface area (Å²) in [5.74, 6) is -0.219. The minimum Gasteiger partial charge on any atom is -0.383 e. The molecule has 2 aromatic carbocycles. The molecule has 0 atom stereocenters. The van der Waals surface area contributed by atoms with Crippen LogP contribution in [0.4, 0.5) is 5.69 Å². The molecule has 0 N–H and O–H groups in total. The molecule has 0 aliphatic carbocycles. The molecule has 0 aliphatic rings. The Hall–Kier alpha value is -3.45. The maximum absolute atomic E-state index is 13.4. The molecule has 0 fully saturated rings. The fraction of sp³-hybridized carbons (Fsp3) is 0.292. The summed E-state index contributed by atoms with van der Waals surface area (Å²) in [7, 11) is 1.61. The number of benzene rings is 2. The van der Waals surface area contributed by atoms with Gasteiger partial charge in [0.1, 0.15) is 5.52 Å². The average Bonchev–Trinajstić information content (AvgIpc) is 3.23. The molecule has 7 nitrogen and oxygen atoms in total. The molecule has 1 amide bonds. The Morgan fingerprint density at radius 2 is 1.84 bits per heavy atom. The topological polar surface area (TPSA) is 68.8 Å². The van der Waals surface area contributed by atoms with Crippen molar-refractivity contribution in [3.63, 3.8) is 0 Å². The van der Waals surface area contributed by atoms with Gasteiger partial charge in [0.25, 0.3) is 11.5 Å². The van der Waals surface area contributed by atoms with Gasteiger partial charge in [-0.25, -0.2) is 4.52 Å². The summed E-state index contributed by atoms with van der Waals surface area (Å²) in [6, 6.07) is 17.0. The van der Waals surface area contributed by atoms with Crippen molar-refractivity contribution < 1.29 is 9.53 Å². The van der Waals surface area contributed by atoms with Crippen LogP contribution < -0.4 is 10.5 Å². The highest BCUT2D eigenvalue weighted by Gasteiger charge is 2.22. The smallest absolute Gasteiger partial charge is 0.278 e.